The fourth-order valence-electron chi connectivity index (χ4n) is 2.55. The molecule has 0 bridgehead atoms. The summed E-state index contributed by atoms with van der Waals surface area (Å²) in [7, 11) is -3.71. The van der Waals surface area contributed by atoms with Gasteiger partial charge in [0.1, 0.15) is 0 Å². The molecule has 1 N–H and O–H groups in total. The molecule has 0 spiro atoms. The van der Waals surface area contributed by atoms with Crippen LogP contribution in [0.3, 0.4) is 0 Å². The van der Waals surface area contributed by atoms with Gasteiger partial charge in [0.05, 0.1) is 21.8 Å². The highest BCUT2D eigenvalue weighted by Crippen LogP contribution is 2.36. The second-order valence-electron chi connectivity index (χ2n) is 5.11. The zero-order chi connectivity index (χ0) is 15.1. The minimum absolute atomic E-state index is 0.128. The lowest BCUT2D eigenvalue weighted by Gasteiger charge is -2.18. The van der Waals surface area contributed by atoms with Crippen LogP contribution in [0.15, 0.2) is 29.2 Å². The first kappa shape index (κ1) is 15.3. The fourth-order valence-corrected chi connectivity index (χ4v) is 4.61. The van der Waals surface area contributed by atoms with Crippen LogP contribution in [-0.2, 0) is 16.0 Å². The molecule has 0 saturated heterocycles. The van der Waals surface area contributed by atoms with Crippen LogP contribution < -0.4 is 0 Å². The normalized spacial score (nSPS) is 27.8. The molecule has 1 aromatic rings. The molecule has 3 nitrogen and oxygen atoms in total. The molecule has 1 aromatic carbocycles. The number of rotatable bonds is 2. The smallest absolute Gasteiger partial charge is 0.393 e. The van der Waals surface area contributed by atoms with Crippen molar-refractivity contribution in [3.63, 3.8) is 0 Å². The number of halogens is 3. The third-order valence-corrected chi connectivity index (χ3v) is 6.24. The topological polar surface area (TPSA) is 54.4 Å². The van der Waals surface area contributed by atoms with Crippen LogP contribution in [0.2, 0.25) is 0 Å². The van der Waals surface area contributed by atoms with Crippen molar-refractivity contribution in [2.24, 2.45) is 5.92 Å². The summed E-state index contributed by atoms with van der Waals surface area (Å²) in [5.74, 6) is -0.415. The molecule has 0 heterocycles. The number of sulfone groups is 1. The molecule has 0 aliphatic heterocycles. The largest absolute Gasteiger partial charge is 0.416 e. The molecule has 0 amide bonds. The summed E-state index contributed by atoms with van der Waals surface area (Å²) in [6, 6.07) is 3.50. The highest BCUT2D eigenvalue weighted by atomic mass is 32.2. The summed E-state index contributed by atoms with van der Waals surface area (Å²) in [4.78, 5) is -0.128. The number of alkyl halides is 3. The van der Waals surface area contributed by atoms with Crippen LogP contribution in [0.1, 0.15) is 25.3 Å². The Morgan fingerprint density at radius 3 is 2.10 bits per heavy atom. The van der Waals surface area contributed by atoms with E-state index in [2.05, 4.69) is 0 Å². The summed E-state index contributed by atoms with van der Waals surface area (Å²) in [5, 5.41) is 8.87. The molecule has 1 aliphatic rings. The number of hydrogen-bond acceptors (Lipinski definition) is 3. The van der Waals surface area contributed by atoms with Crippen molar-refractivity contribution >= 4 is 9.84 Å². The minimum atomic E-state index is -4.49. The second-order valence-corrected chi connectivity index (χ2v) is 7.28. The lowest BCUT2D eigenvalue weighted by molar-refractivity contribution is -0.137. The predicted molar refractivity (Wildman–Crippen MR) is 66.8 cm³/mol. The first-order chi connectivity index (χ1) is 9.14. The van der Waals surface area contributed by atoms with E-state index in [0.717, 1.165) is 24.3 Å². The Hall–Kier alpha value is -1.08. The summed E-state index contributed by atoms with van der Waals surface area (Å²) >= 11 is 0. The van der Waals surface area contributed by atoms with E-state index < -0.39 is 38.8 Å². The Bertz CT molecular complexity index is 578. The first-order valence-electron chi connectivity index (χ1n) is 6.23. The Labute approximate surface area is 115 Å². The van der Waals surface area contributed by atoms with Crippen LogP contribution >= 0.6 is 0 Å². The molecule has 112 valence electrons. The van der Waals surface area contributed by atoms with Gasteiger partial charge < -0.3 is 5.11 Å². The molecule has 0 aromatic heterocycles. The highest BCUT2D eigenvalue weighted by Gasteiger charge is 2.41. The zero-order valence-electron chi connectivity index (χ0n) is 10.8. The van der Waals surface area contributed by atoms with Gasteiger partial charge >= 0.3 is 6.18 Å². The van der Waals surface area contributed by atoms with Gasteiger partial charge in [0.2, 0.25) is 0 Å². The van der Waals surface area contributed by atoms with Crippen molar-refractivity contribution in [1.29, 1.82) is 0 Å². The molecule has 7 heteroatoms. The molecular weight excluding hydrogens is 293 g/mol. The van der Waals surface area contributed by atoms with Crippen molar-refractivity contribution < 1.29 is 26.7 Å². The molecule has 0 radical (unpaired) electrons. The van der Waals surface area contributed by atoms with Crippen LogP contribution in [0.25, 0.3) is 0 Å². The SMILES string of the molecule is CC1C(O)CCC1S(=O)(=O)c1ccc(C(F)(F)F)cc1. The van der Waals surface area contributed by atoms with Crippen molar-refractivity contribution in [1.82, 2.24) is 0 Å². The van der Waals surface area contributed by atoms with Gasteiger partial charge in [0.25, 0.3) is 0 Å². The maximum absolute atomic E-state index is 12.4. The van der Waals surface area contributed by atoms with Crippen molar-refractivity contribution in [3.8, 4) is 0 Å². The molecule has 1 saturated carbocycles. The molecule has 2 rings (SSSR count). The first-order valence-corrected chi connectivity index (χ1v) is 7.78. The van der Waals surface area contributed by atoms with E-state index in [9.17, 15) is 26.7 Å². The number of benzene rings is 1. The minimum Gasteiger partial charge on any atom is -0.393 e. The van der Waals surface area contributed by atoms with Gasteiger partial charge in [-0.2, -0.15) is 13.2 Å². The van der Waals surface area contributed by atoms with E-state index in [1.165, 1.54) is 0 Å². The van der Waals surface area contributed by atoms with Crippen LogP contribution in [0, 0.1) is 5.92 Å². The summed E-state index contributed by atoms with van der Waals surface area (Å²) in [6.45, 7) is 1.64. The molecule has 1 aliphatic carbocycles. The monoisotopic (exact) mass is 308 g/mol. The van der Waals surface area contributed by atoms with E-state index in [1.54, 1.807) is 6.92 Å². The average molecular weight is 308 g/mol. The van der Waals surface area contributed by atoms with Gasteiger partial charge in [-0.25, -0.2) is 8.42 Å². The second kappa shape index (κ2) is 5.04. The fraction of sp³-hybridized carbons (Fsp3) is 0.538. The zero-order valence-corrected chi connectivity index (χ0v) is 11.6. The lowest BCUT2D eigenvalue weighted by atomic mass is 10.1. The van der Waals surface area contributed by atoms with Crippen LogP contribution in [0.5, 0.6) is 0 Å². The van der Waals surface area contributed by atoms with E-state index in [1.807, 2.05) is 0 Å². The van der Waals surface area contributed by atoms with Gasteiger partial charge in [-0.05, 0) is 43.0 Å². The Morgan fingerprint density at radius 2 is 1.70 bits per heavy atom. The van der Waals surface area contributed by atoms with Crippen molar-refractivity contribution in [2.45, 2.75) is 42.2 Å². The van der Waals surface area contributed by atoms with E-state index in [0.29, 0.717) is 12.8 Å². The maximum Gasteiger partial charge on any atom is 0.416 e. The molecule has 20 heavy (non-hydrogen) atoms. The predicted octanol–water partition coefficient (Wildman–Crippen LogP) is 2.64. The van der Waals surface area contributed by atoms with Gasteiger partial charge in [-0.15, -0.1) is 0 Å². The van der Waals surface area contributed by atoms with Crippen molar-refractivity contribution in [3.05, 3.63) is 29.8 Å². The van der Waals surface area contributed by atoms with Gasteiger partial charge in [-0.3, -0.25) is 0 Å². The quantitative estimate of drug-likeness (QED) is 0.914. The Kier molecular flexibility index (Phi) is 3.85. The van der Waals surface area contributed by atoms with E-state index >= 15 is 0 Å². The molecular formula is C13H15F3O3S. The maximum atomic E-state index is 12.4. The third kappa shape index (κ3) is 2.69. The molecule has 1 fully saturated rings. The number of aliphatic hydroxyl groups is 1. The van der Waals surface area contributed by atoms with Crippen molar-refractivity contribution in [2.75, 3.05) is 0 Å². The molecule has 3 atom stereocenters. The Balaban J connectivity index is 2.31. The van der Waals surface area contributed by atoms with Gasteiger partial charge in [0.15, 0.2) is 9.84 Å². The van der Waals surface area contributed by atoms with Gasteiger partial charge in [0, 0.05) is 0 Å². The van der Waals surface area contributed by atoms with Gasteiger partial charge in [-0.1, -0.05) is 6.92 Å². The van der Waals surface area contributed by atoms with E-state index in [-0.39, 0.29) is 4.90 Å². The average Bonchev–Trinajstić information content (AvgIpc) is 2.69. The number of hydrogen-bond donors (Lipinski definition) is 1. The summed E-state index contributed by atoms with van der Waals surface area (Å²) < 4.78 is 62.1. The lowest BCUT2D eigenvalue weighted by Crippen LogP contribution is -2.28. The third-order valence-electron chi connectivity index (χ3n) is 3.85. The molecule has 3 unspecified atom stereocenters. The number of aliphatic hydroxyl groups excluding tert-OH is 1. The van der Waals surface area contributed by atoms with E-state index in [4.69, 9.17) is 0 Å². The standard InChI is InChI=1S/C13H15F3O3S/c1-8-11(17)6-7-12(8)20(18,19)10-4-2-9(3-5-10)13(14,15)16/h2-5,8,11-12,17H,6-7H2,1H3. The van der Waals surface area contributed by atoms with Crippen LogP contribution in [0.4, 0.5) is 13.2 Å². The van der Waals surface area contributed by atoms with Crippen LogP contribution in [-0.4, -0.2) is 24.9 Å². The Morgan fingerprint density at radius 1 is 1.15 bits per heavy atom. The summed E-state index contributed by atoms with van der Waals surface area (Å²) in [6.07, 6.45) is -4.44. The highest BCUT2D eigenvalue weighted by molar-refractivity contribution is 7.92. The summed E-state index contributed by atoms with van der Waals surface area (Å²) in [5.41, 5.74) is -0.879.